The fourth-order valence-corrected chi connectivity index (χ4v) is 4.06. The van der Waals surface area contributed by atoms with Crippen molar-refractivity contribution < 1.29 is 4.79 Å². The summed E-state index contributed by atoms with van der Waals surface area (Å²) < 4.78 is 2.74. The first-order valence-electron chi connectivity index (χ1n) is 8.69. The molecule has 0 aliphatic rings. The number of aryl methyl sites for hydroxylation is 1. The number of hydrogen-bond donors (Lipinski definition) is 1. The summed E-state index contributed by atoms with van der Waals surface area (Å²) in [5.41, 5.74) is 3.55. The first-order chi connectivity index (χ1) is 13.6. The highest BCUT2D eigenvalue weighted by molar-refractivity contribution is 9.10. The van der Waals surface area contributed by atoms with Crippen LogP contribution < -0.4 is 5.32 Å². The summed E-state index contributed by atoms with van der Waals surface area (Å²) in [5.74, 6) is -0.170. The van der Waals surface area contributed by atoms with Gasteiger partial charge >= 0.3 is 0 Å². The molecule has 7 heteroatoms. The van der Waals surface area contributed by atoms with Gasteiger partial charge in [0, 0.05) is 22.2 Å². The van der Waals surface area contributed by atoms with Crippen LogP contribution in [0.4, 0.5) is 5.13 Å². The van der Waals surface area contributed by atoms with E-state index in [1.54, 1.807) is 12.3 Å². The highest BCUT2D eigenvalue weighted by Crippen LogP contribution is 2.30. The molecule has 0 aliphatic heterocycles. The quantitative estimate of drug-likeness (QED) is 0.442. The van der Waals surface area contributed by atoms with Gasteiger partial charge in [0.2, 0.25) is 0 Å². The zero-order chi connectivity index (χ0) is 19.5. The molecule has 2 aromatic heterocycles. The molecule has 1 amide bonds. The van der Waals surface area contributed by atoms with E-state index in [4.69, 9.17) is 0 Å². The van der Waals surface area contributed by atoms with Gasteiger partial charge in [-0.1, -0.05) is 42.5 Å². The van der Waals surface area contributed by atoms with Gasteiger partial charge in [-0.15, -0.1) is 11.3 Å². The number of thiazole rings is 1. The smallest absolute Gasteiger partial charge is 0.257 e. The van der Waals surface area contributed by atoms with Gasteiger partial charge in [-0.05, 0) is 40.5 Å². The molecule has 0 atom stereocenters. The van der Waals surface area contributed by atoms with Crippen molar-refractivity contribution in [2.24, 2.45) is 0 Å². The lowest BCUT2D eigenvalue weighted by molar-refractivity contribution is 0.102. The van der Waals surface area contributed by atoms with Crippen LogP contribution >= 0.6 is 27.3 Å². The third-order valence-corrected chi connectivity index (χ3v) is 5.50. The Bertz CT molecular complexity index is 1120. The molecular weight excluding hydrogens is 436 g/mol. The molecule has 0 bridgehead atoms. The molecule has 0 aliphatic carbocycles. The predicted molar refractivity (Wildman–Crippen MR) is 116 cm³/mol. The van der Waals surface area contributed by atoms with Crippen LogP contribution in [0.1, 0.15) is 20.8 Å². The van der Waals surface area contributed by atoms with Crippen molar-refractivity contribution in [2.45, 2.75) is 13.5 Å². The van der Waals surface area contributed by atoms with Crippen molar-refractivity contribution in [3.63, 3.8) is 0 Å². The van der Waals surface area contributed by atoms with Crippen molar-refractivity contribution in [2.75, 3.05) is 5.32 Å². The van der Waals surface area contributed by atoms with E-state index in [0.717, 1.165) is 26.2 Å². The molecule has 0 radical (unpaired) electrons. The zero-order valence-electron chi connectivity index (χ0n) is 15.1. The monoisotopic (exact) mass is 452 g/mol. The normalized spacial score (nSPS) is 10.8. The summed E-state index contributed by atoms with van der Waals surface area (Å²) in [6.45, 7) is 2.61. The third-order valence-electron chi connectivity index (χ3n) is 4.20. The van der Waals surface area contributed by atoms with Crippen molar-refractivity contribution in [1.29, 1.82) is 0 Å². The van der Waals surface area contributed by atoms with E-state index in [2.05, 4.69) is 31.3 Å². The van der Waals surface area contributed by atoms with E-state index in [1.165, 1.54) is 11.3 Å². The molecule has 0 spiro atoms. The van der Waals surface area contributed by atoms with Crippen LogP contribution in [0.2, 0.25) is 0 Å². The molecule has 1 N–H and O–H groups in total. The number of carbonyl (C=O) groups excluding carboxylic acids is 1. The van der Waals surface area contributed by atoms with E-state index < -0.39 is 0 Å². The number of anilines is 1. The number of aromatic nitrogens is 3. The fourth-order valence-electron chi connectivity index (χ4n) is 2.91. The van der Waals surface area contributed by atoms with Crippen LogP contribution in [0.3, 0.4) is 0 Å². The van der Waals surface area contributed by atoms with Crippen molar-refractivity contribution in [3.8, 4) is 11.3 Å². The van der Waals surface area contributed by atoms with Crippen molar-refractivity contribution in [1.82, 2.24) is 14.8 Å². The molecule has 4 aromatic rings. The number of amides is 1. The van der Waals surface area contributed by atoms with Crippen molar-refractivity contribution >= 4 is 38.3 Å². The van der Waals surface area contributed by atoms with E-state index in [9.17, 15) is 4.79 Å². The Morgan fingerprint density at radius 2 is 2.00 bits per heavy atom. The second kappa shape index (κ2) is 8.08. The molecule has 0 unspecified atom stereocenters. The lowest BCUT2D eigenvalue weighted by Crippen LogP contribution is -2.12. The summed E-state index contributed by atoms with van der Waals surface area (Å²) in [5, 5.41) is 7.78. The third kappa shape index (κ3) is 4.21. The topological polar surface area (TPSA) is 59.8 Å². The molecule has 140 valence electrons. The minimum atomic E-state index is -0.170. The number of carbonyl (C=O) groups is 1. The molecular formula is C21H17BrN4OS. The average Bonchev–Trinajstić information content (AvgIpc) is 3.27. The fraction of sp³-hybridized carbons (Fsp3) is 0.0952. The van der Waals surface area contributed by atoms with Crippen LogP contribution in [-0.2, 0) is 6.54 Å². The van der Waals surface area contributed by atoms with Gasteiger partial charge in [-0.25, -0.2) is 4.98 Å². The maximum Gasteiger partial charge on any atom is 0.257 e. The summed E-state index contributed by atoms with van der Waals surface area (Å²) in [6.07, 6.45) is 3.64. The second-order valence-corrected chi connectivity index (χ2v) is 8.42. The SMILES string of the molecule is Cc1sc(NC(=O)c2cccc(Cn3cc(Br)cn3)c2)nc1-c1ccccc1. The zero-order valence-corrected chi connectivity index (χ0v) is 17.5. The van der Waals surface area contributed by atoms with Gasteiger partial charge in [0.1, 0.15) is 0 Å². The van der Waals surface area contributed by atoms with Gasteiger partial charge < -0.3 is 0 Å². The van der Waals surface area contributed by atoms with Crippen LogP contribution in [0, 0.1) is 6.92 Å². The molecule has 28 heavy (non-hydrogen) atoms. The lowest BCUT2D eigenvalue weighted by Gasteiger charge is -2.06. The minimum Gasteiger partial charge on any atom is -0.298 e. The van der Waals surface area contributed by atoms with Crippen LogP contribution in [-0.4, -0.2) is 20.7 Å². The molecule has 0 saturated carbocycles. The maximum atomic E-state index is 12.7. The van der Waals surface area contributed by atoms with Gasteiger partial charge in [-0.2, -0.15) is 5.10 Å². The molecule has 5 nitrogen and oxygen atoms in total. The summed E-state index contributed by atoms with van der Waals surface area (Å²) in [7, 11) is 0. The number of nitrogens with zero attached hydrogens (tertiary/aromatic N) is 3. The number of benzene rings is 2. The Balaban J connectivity index is 1.50. The van der Waals surface area contributed by atoms with Crippen molar-refractivity contribution in [3.05, 3.63) is 87.5 Å². The highest BCUT2D eigenvalue weighted by Gasteiger charge is 2.13. The molecule has 0 fully saturated rings. The standard InChI is InChI=1S/C21H17BrN4OS/c1-14-19(16-7-3-2-4-8-16)24-21(28-14)25-20(27)17-9-5-6-15(10-17)12-26-13-18(22)11-23-26/h2-11,13H,12H2,1H3,(H,24,25,27). The molecule has 0 saturated heterocycles. The van der Waals surface area contributed by atoms with Crippen LogP contribution in [0.25, 0.3) is 11.3 Å². The largest absolute Gasteiger partial charge is 0.298 e. The number of halogens is 1. The second-order valence-electron chi connectivity index (χ2n) is 6.30. The van der Waals surface area contributed by atoms with Gasteiger partial charge in [0.05, 0.1) is 22.9 Å². The van der Waals surface area contributed by atoms with E-state index in [0.29, 0.717) is 17.2 Å². The Kier molecular flexibility index (Phi) is 5.36. The molecule has 4 rings (SSSR count). The van der Waals surface area contributed by atoms with Gasteiger partial charge in [-0.3, -0.25) is 14.8 Å². The Morgan fingerprint density at radius 1 is 1.18 bits per heavy atom. The van der Waals surface area contributed by atoms with E-state index >= 15 is 0 Å². The maximum absolute atomic E-state index is 12.7. The van der Waals surface area contributed by atoms with E-state index in [1.807, 2.05) is 66.3 Å². The Labute approximate surface area is 175 Å². The summed E-state index contributed by atoms with van der Waals surface area (Å²) in [6, 6.07) is 17.5. The number of hydrogen-bond acceptors (Lipinski definition) is 4. The first-order valence-corrected chi connectivity index (χ1v) is 10.3. The first kappa shape index (κ1) is 18.6. The Morgan fingerprint density at radius 3 is 2.75 bits per heavy atom. The molecule has 2 aromatic carbocycles. The van der Waals surface area contributed by atoms with Gasteiger partial charge in [0.15, 0.2) is 5.13 Å². The van der Waals surface area contributed by atoms with Crippen LogP contribution in [0.5, 0.6) is 0 Å². The predicted octanol–water partition coefficient (Wildman–Crippen LogP) is 5.38. The highest BCUT2D eigenvalue weighted by atomic mass is 79.9. The minimum absolute atomic E-state index is 0.170. The summed E-state index contributed by atoms with van der Waals surface area (Å²) in [4.78, 5) is 18.4. The lowest BCUT2D eigenvalue weighted by atomic mass is 10.1. The molecule has 2 heterocycles. The Hall–Kier alpha value is -2.77. The van der Waals surface area contributed by atoms with E-state index in [-0.39, 0.29) is 5.91 Å². The summed E-state index contributed by atoms with van der Waals surface area (Å²) >= 11 is 4.87. The van der Waals surface area contributed by atoms with Crippen LogP contribution in [0.15, 0.2) is 71.5 Å². The average molecular weight is 453 g/mol. The number of rotatable bonds is 5. The number of nitrogens with one attached hydrogen (secondary N) is 1. The van der Waals surface area contributed by atoms with Gasteiger partial charge in [0.25, 0.3) is 5.91 Å².